The van der Waals surface area contributed by atoms with E-state index in [1.54, 1.807) is 45.1 Å². The van der Waals surface area contributed by atoms with Crippen LogP contribution in [0.4, 0.5) is 0 Å². The lowest BCUT2D eigenvalue weighted by Crippen LogP contribution is -2.61. The molecule has 0 spiro atoms. The Labute approximate surface area is 427 Å². The summed E-state index contributed by atoms with van der Waals surface area (Å²) in [7, 11) is 0.0645. The number of rotatable bonds is 8. The van der Waals surface area contributed by atoms with Gasteiger partial charge in [-0.1, -0.05) is 78.0 Å². The van der Waals surface area contributed by atoms with Crippen LogP contribution in [0.1, 0.15) is 136 Å². The number of piperidine rings is 1. The fraction of sp³-hybridized carbons (Fsp3) is 0.759. The zero-order valence-electron chi connectivity index (χ0n) is 50.4. The molecule has 3 aliphatic heterocycles. The Hall–Kier alpha value is -3.14. The van der Waals surface area contributed by atoms with Crippen molar-refractivity contribution in [3.05, 3.63) is 47.6 Å². The van der Waals surface area contributed by atoms with Gasteiger partial charge in [0, 0.05) is 81.3 Å². The van der Waals surface area contributed by atoms with E-state index in [0.717, 1.165) is 11.6 Å². The van der Waals surface area contributed by atoms with Crippen LogP contribution in [-0.4, -0.2) is 140 Å². The van der Waals surface area contributed by atoms with Gasteiger partial charge in [-0.3, -0.25) is 23.7 Å². The number of ether oxygens (including phenoxy) is 5. The van der Waals surface area contributed by atoms with Gasteiger partial charge in [-0.2, -0.15) is 0 Å². The summed E-state index contributed by atoms with van der Waals surface area (Å²) in [6.07, 6.45) is 1.50. The van der Waals surface area contributed by atoms with E-state index in [2.05, 4.69) is 0 Å². The molecule has 396 valence electrons. The van der Waals surface area contributed by atoms with Crippen LogP contribution < -0.4 is 0 Å². The van der Waals surface area contributed by atoms with E-state index < -0.39 is 140 Å². The lowest BCUT2D eigenvalue weighted by Gasteiger charge is -2.42. The van der Waals surface area contributed by atoms with Crippen molar-refractivity contribution in [1.29, 1.82) is 0 Å². The fourth-order valence-electron chi connectivity index (χ4n) is 10.0. The average molecular weight is 1010 g/mol. The van der Waals surface area contributed by atoms with Gasteiger partial charge in [-0.15, -0.1) is 0 Å². The number of allylic oxidation sites excluding steroid dienone is 6. The molecule has 0 aromatic carbocycles. The van der Waals surface area contributed by atoms with Crippen LogP contribution >= 0.6 is 7.37 Å². The average Bonchev–Trinajstić information content (AvgIpc) is 3.35. The van der Waals surface area contributed by atoms with Crippen molar-refractivity contribution in [3.8, 4) is 0 Å². The Morgan fingerprint density at radius 2 is 1.66 bits per heavy atom. The predicted octanol–water partition coefficient (Wildman–Crippen LogP) is 7.99. The molecule has 1 amide bonds. The van der Waals surface area contributed by atoms with E-state index in [9.17, 15) is 41.5 Å². The summed E-state index contributed by atoms with van der Waals surface area (Å²) in [5.74, 6) is -15.4. The molecule has 2 N–H and O–H groups in total. The van der Waals surface area contributed by atoms with Crippen LogP contribution in [-0.2, 0) is 56.7 Å². The normalized spacial score (nSPS) is 44.9. The molecule has 4 rings (SSSR count). The summed E-state index contributed by atoms with van der Waals surface area (Å²) in [4.78, 5) is 73.0. The van der Waals surface area contributed by atoms with E-state index in [-0.39, 0.29) is 43.7 Å². The number of Topliss-reactive ketones (excluding diaryl/α,β-unsaturated/α-hetero) is 3. The monoisotopic (exact) mass is 1010 g/mol. The third-order valence-corrected chi connectivity index (χ3v) is 15.5. The fourth-order valence-corrected chi connectivity index (χ4v) is 10.8. The van der Waals surface area contributed by atoms with Crippen molar-refractivity contribution in [2.45, 2.75) is 181 Å². The van der Waals surface area contributed by atoms with Crippen molar-refractivity contribution >= 4 is 36.6 Å². The minimum absolute atomic E-state index is 0.0407. The van der Waals surface area contributed by atoms with E-state index in [1.165, 1.54) is 68.1 Å². The van der Waals surface area contributed by atoms with Gasteiger partial charge >= 0.3 is 5.97 Å². The van der Waals surface area contributed by atoms with Gasteiger partial charge in [-0.05, 0) is 106 Å². The van der Waals surface area contributed by atoms with E-state index >= 15 is 0 Å². The van der Waals surface area contributed by atoms with Crippen LogP contribution in [0.2, 0.25) is 0 Å². The number of amides is 1. The Morgan fingerprint density at radius 3 is 2.31 bits per heavy atom. The third-order valence-electron chi connectivity index (χ3n) is 14.8. The van der Waals surface area contributed by atoms with E-state index in [1.807, 2.05) is 0 Å². The lowest BCUT2D eigenvalue weighted by molar-refractivity contribution is -0.265. The Bertz CT molecular complexity index is 2290. The molecule has 0 aromatic heterocycles. The van der Waals surface area contributed by atoms with Crippen LogP contribution in [0, 0.1) is 41.4 Å². The summed E-state index contributed by atoms with van der Waals surface area (Å²) in [5.41, 5.74) is 0.838. The first-order valence-corrected chi connectivity index (χ1v) is 26.8. The number of ketones is 3. The molecule has 2 saturated heterocycles. The number of carbonyl (C=O) groups is 5. The number of fused-ring (bicyclic) bond motifs is 3. The van der Waals surface area contributed by atoms with Gasteiger partial charge in [0.15, 0.2) is 13.2 Å². The highest BCUT2D eigenvalue weighted by Crippen LogP contribution is 2.45. The molecule has 70 heavy (non-hydrogen) atoms. The molecule has 2 unspecified atom stereocenters. The highest BCUT2D eigenvalue weighted by molar-refractivity contribution is 7.57. The summed E-state index contributed by atoms with van der Waals surface area (Å²) >= 11 is 0. The summed E-state index contributed by atoms with van der Waals surface area (Å²) < 4.78 is 108. The second kappa shape index (κ2) is 26.7. The first kappa shape index (κ1) is 49.1. The predicted molar refractivity (Wildman–Crippen MR) is 268 cm³/mol. The minimum Gasteiger partial charge on any atom is -0.460 e. The maximum atomic E-state index is 14.6. The molecule has 0 radical (unpaired) electrons. The number of cyclic esters (lactones) is 1. The zero-order chi connectivity index (χ0) is 58.4. The molecule has 3 heterocycles. The lowest BCUT2D eigenvalue weighted by atomic mass is 9.78. The van der Waals surface area contributed by atoms with Gasteiger partial charge in [0.1, 0.15) is 30.1 Å². The maximum absolute atomic E-state index is 14.6. The molecule has 3 fully saturated rings. The molecule has 1 aliphatic carbocycles. The Kier molecular flexibility index (Phi) is 18.7. The van der Waals surface area contributed by atoms with Crippen molar-refractivity contribution in [2.75, 3.05) is 41.1 Å². The Balaban J connectivity index is 1.79. The molecule has 1 saturated carbocycles. The number of hydrogen-bond donors (Lipinski definition) is 2. The molecule has 4 aliphatic rings. The largest absolute Gasteiger partial charge is 0.460 e. The number of nitrogens with zero attached hydrogens (tertiary/aromatic N) is 1. The summed E-state index contributed by atoms with van der Waals surface area (Å²) in [6.45, 7) is 10.5. The number of carbonyl (C=O) groups excluding carboxylic acids is 5. The van der Waals surface area contributed by atoms with Gasteiger partial charge in [0.05, 0.1) is 24.4 Å². The van der Waals surface area contributed by atoms with Gasteiger partial charge in [0.2, 0.25) is 5.79 Å². The molecule has 0 aromatic rings. The topological polar surface area (TPSA) is 202 Å². The standard InChI is InChI=1S/C54H86NO14P/c1-32-19-15-14-16-20-33(2)45(64-9)30-41-24-22-37(6)54(62,68-41)51(59)52(60)55-26-18-17-21-42(55)53(61)67-46(35(4)28-40-23-25-44(47(29-40)65-10)69-70(12,13)63)31-43(56)34(3)27-36(5)48(57)50(66-11)49(58)39(8)38(32)7/h14-16,19-20,27,32,34-35,37-42,44-48,50,57,62H,17-18,21-26,28-31H2,1-13H3/b16-14+,19-15+,33-20+,36-27+/t32-,34-,35-,37-,38?,39-,40+,41+,42+,44-,45+,46+,47-,48-,50-,54-/m1/s1/i12D3,22D2,32D,38D/t32-,34-,35-,37-,38?,39-,40+,41+,42+,44-,45+,46+,47-,48-,50-,54-,70?. The van der Waals surface area contributed by atoms with Crippen LogP contribution in [0.3, 0.4) is 0 Å². The first-order valence-electron chi connectivity index (χ1n) is 28.3. The molecule has 2 bridgehead atoms. The van der Waals surface area contributed by atoms with Gasteiger partial charge < -0.3 is 43.3 Å². The van der Waals surface area contributed by atoms with Crippen LogP contribution in [0.25, 0.3) is 0 Å². The van der Waals surface area contributed by atoms with Crippen molar-refractivity contribution in [1.82, 2.24) is 4.90 Å². The van der Waals surface area contributed by atoms with Gasteiger partial charge in [-0.25, -0.2) is 4.79 Å². The van der Waals surface area contributed by atoms with E-state index in [4.69, 9.17) is 35.1 Å². The molecular weight excluding hydrogens is 918 g/mol. The number of aliphatic hydroxyl groups excluding tert-OH is 1. The van der Waals surface area contributed by atoms with Gasteiger partial charge in [0.25, 0.3) is 11.7 Å². The maximum Gasteiger partial charge on any atom is 0.329 e. The summed E-state index contributed by atoms with van der Waals surface area (Å²) in [6, 6.07) is -1.35. The van der Waals surface area contributed by atoms with Crippen LogP contribution in [0.5, 0.6) is 0 Å². The quantitative estimate of drug-likeness (QED) is 0.103. The highest BCUT2D eigenvalue weighted by Gasteiger charge is 2.53. The van der Waals surface area contributed by atoms with Crippen molar-refractivity contribution < 1.29 is 76.6 Å². The molecule has 17 atom stereocenters. The first-order chi connectivity index (χ1) is 35.5. The van der Waals surface area contributed by atoms with Crippen molar-refractivity contribution in [3.63, 3.8) is 0 Å². The Morgan fingerprint density at radius 1 is 0.943 bits per heavy atom. The smallest absolute Gasteiger partial charge is 0.329 e. The van der Waals surface area contributed by atoms with E-state index in [0.29, 0.717) is 44.1 Å². The third kappa shape index (κ3) is 15.7. The second-order valence-electron chi connectivity index (χ2n) is 20.1. The summed E-state index contributed by atoms with van der Waals surface area (Å²) in [5, 5.41) is 23.7. The second-order valence-corrected chi connectivity index (χ2v) is 22.0. The number of aliphatic hydroxyl groups is 2. The number of esters is 1. The highest BCUT2D eigenvalue weighted by atomic mass is 31.2. The molecule has 16 heteroatoms. The SMILES string of the molecule is [2H]C1([2H])C[C@H]2C[C@H](OC)/C(C)=C/C=C/C=C/[C@@]([2H])(C)C([2H])(C)[C@@H](C)C(=O)[C@H](OC)[C@H](O)/C(C)=C/[C@@H](C)C(=O)C[C@@H]([C@H](C)C[C@@H]3CC[C@@H](OP(C)(=O)C([2H])([2H])[2H])[C@H](OC)C3)OC(=O)[C@@H]3CCCCN3C(=O)C(=O)[C@](O)(O2)[C@@H]1C. The number of methoxy groups -OCH3 is 3. The van der Waals surface area contributed by atoms with Crippen LogP contribution in [0.15, 0.2) is 47.6 Å². The minimum atomic E-state index is -4.04. The molecular formula is C54H86NO14P. The number of hydrogen-bond acceptors (Lipinski definition) is 14. The molecule has 15 nitrogen and oxygen atoms in total. The van der Waals surface area contributed by atoms with Crippen molar-refractivity contribution in [2.24, 2.45) is 41.4 Å². The zero-order valence-corrected chi connectivity index (χ0v) is 44.3.